The maximum atomic E-state index is 12.6. The van der Waals surface area contributed by atoms with E-state index in [1.54, 1.807) is 48.2 Å². The van der Waals surface area contributed by atoms with Crippen molar-refractivity contribution in [2.45, 2.75) is 43.1 Å². The fourth-order valence-electron chi connectivity index (χ4n) is 3.48. The first-order valence-electron chi connectivity index (χ1n) is 9.42. The van der Waals surface area contributed by atoms with Gasteiger partial charge in [-0.2, -0.15) is 5.10 Å². The number of hydrogen-bond acceptors (Lipinski definition) is 5. The number of carbonyl (C=O) groups is 2. The zero-order valence-electron chi connectivity index (χ0n) is 16.5. The van der Waals surface area contributed by atoms with Gasteiger partial charge in [0.15, 0.2) is 0 Å². The van der Waals surface area contributed by atoms with Crippen molar-refractivity contribution in [2.24, 2.45) is 5.73 Å². The minimum absolute atomic E-state index is 0.0322. The molecular weight excluding hydrogens is 384 g/mol. The minimum atomic E-state index is -0.283. The molecule has 7 heteroatoms. The van der Waals surface area contributed by atoms with Crippen molar-refractivity contribution in [2.75, 3.05) is 4.90 Å². The topological polar surface area (TPSA) is 81.2 Å². The van der Waals surface area contributed by atoms with Gasteiger partial charge >= 0.3 is 0 Å². The Bertz CT molecular complexity index is 1070. The van der Waals surface area contributed by atoms with Crippen molar-refractivity contribution in [1.29, 1.82) is 0 Å². The Morgan fingerprint density at radius 3 is 2.14 bits per heavy atom. The van der Waals surface area contributed by atoms with Gasteiger partial charge in [0.05, 0.1) is 33.9 Å². The third-order valence-corrected chi connectivity index (χ3v) is 6.19. The van der Waals surface area contributed by atoms with Crippen molar-refractivity contribution >= 4 is 29.3 Å². The molecular formula is C22H22N4O2S. The molecule has 2 amide bonds. The molecule has 4 rings (SSSR count). The monoisotopic (exact) mass is 406 g/mol. The molecule has 2 heterocycles. The van der Waals surface area contributed by atoms with Crippen molar-refractivity contribution in [3.63, 3.8) is 0 Å². The number of aromatic nitrogens is 2. The van der Waals surface area contributed by atoms with Gasteiger partial charge in [0.1, 0.15) is 0 Å². The summed E-state index contributed by atoms with van der Waals surface area (Å²) in [5.41, 5.74) is 9.41. The van der Waals surface area contributed by atoms with Crippen LogP contribution in [0.1, 0.15) is 39.0 Å². The molecule has 3 aromatic rings. The fourth-order valence-corrected chi connectivity index (χ4v) is 4.43. The van der Waals surface area contributed by atoms with E-state index in [9.17, 15) is 9.59 Å². The van der Waals surface area contributed by atoms with E-state index in [4.69, 9.17) is 5.73 Å². The maximum Gasteiger partial charge on any atom is 0.266 e. The summed E-state index contributed by atoms with van der Waals surface area (Å²) >= 11 is 1.62. The molecule has 0 fully saturated rings. The summed E-state index contributed by atoms with van der Waals surface area (Å²) in [5, 5.41) is 4.59. The first kappa shape index (κ1) is 19.4. The van der Waals surface area contributed by atoms with Gasteiger partial charge in [-0.15, -0.1) is 0 Å². The Balaban J connectivity index is 1.56. The zero-order chi connectivity index (χ0) is 20.7. The van der Waals surface area contributed by atoms with Crippen LogP contribution in [-0.4, -0.2) is 27.6 Å². The van der Waals surface area contributed by atoms with Crippen LogP contribution in [0, 0.1) is 13.8 Å². The summed E-state index contributed by atoms with van der Waals surface area (Å²) in [7, 11) is 0. The van der Waals surface area contributed by atoms with E-state index in [2.05, 4.69) is 5.10 Å². The van der Waals surface area contributed by atoms with E-state index in [1.807, 2.05) is 37.6 Å². The Hall–Kier alpha value is -2.90. The SMILES string of the molecule is Cc1nn(CC(C)N)c(C)c1Sc1ccc(N2C(=O)c3ccccc3C2=O)cc1. The van der Waals surface area contributed by atoms with Crippen molar-refractivity contribution in [3.8, 4) is 0 Å². The number of imide groups is 1. The van der Waals surface area contributed by atoms with Crippen LogP contribution in [0.4, 0.5) is 5.69 Å². The third kappa shape index (κ3) is 3.47. The lowest BCUT2D eigenvalue weighted by molar-refractivity contribution is 0.0926. The summed E-state index contributed by atoms with van der Waals surface area (Å²) in [5.74, 6) is -0.565. The second-order valence-corrected chi connectivity index (χ2v) is 8.33. The van der Waals surface area contributed by atoms with Crippen LogP contribution in [0.5, 0.6) is 0 Å². The first-order valence-corrected chi connectivity index (χ1v) is 10.2. The molecule has 0 radical (unpaired) electrons. The lowest BCUT2D eigenvalue weighted by Crippen LogP contribution is -2.29. The lowest BCUT2D eigenvalue weighted by atomic mass is 10.1. The average molecular weight is 407 g/mol. The van der Waals surface area contributed by atoms with Crippen LogP contribution in [0.25, 0.3) is 0 Å². The molecule has 6 nitrogen and oxygen atoms in total. The summed E-state index contributed by atoms with van der Waals surface area (Å²) < 4.78 is 1.94. The van der Waals surface area contributed by atoms with E-state index < -0.39 is 0 Å². The lowest BCUT2D eigenvalue weighted by Gasteiger charge is -2.14. The maximum absolute atomic E-state index is 12.6. The van der Waals surface area contributed by atoms with E-state index >= 15 is 0 Å². The standard InChI is InChI=1S/C22H22N4O2S/c1-13(23)12-25-15(3)20(14(2)24-25)29-17-10-8-16(9-11-17)26-21(27)18-6-4-5-7-19(18)22(26)28/h4-11,13H,12,23H2,1-3H3. The molecule has 1 atom stereocenters. The minimum Gasteiger partial charge on any atom is -0.326 e. The highest BCUT2D eigenvalue weighted by Gasteiger charge is 2.36. The molecule has 148 valence electrons. The number of nitrogens with two attached hydrogens (primary N) is 1. The smallest absolute Gasteiger partial charge is 0.266 e. The zero-order valence-corrected chi connectivity index (χ0v) is 17.4. The van der Waals surface area contributed by atoms with Crippen molar-refractivity contribution < 1.29 is 9.59 Å². The van der Waals surface area contributed by atoms with Crippen LogP contribution in [0.15, 0.2) is 58.3 Å². The fraction of sp³-hybridized carbons (Fsp3) is 0.227. The number of anilines is 1. The molecule has 0 aliphatic carbocycles. The largest absolute Gasteiger partial charge is 0.326 e. The Labute approximate surface area is 173 Å². The van der Waals surface area contributed by atoms with Crippen LogP contribution in [0.2, 0.25) is 0 Å². The Morgan fingerprint density at radius 2 is 1.59 bits per heavy atom. The molecule has 2 aromatic carbocycles. The van der Waals surface area contributed by atoms with Gasteiger partial charge in [0.25, 0.3) is 11.8 Å². The van der Waals surface area contributed by atoms with Crippen LogP contribution >= 0.6 is 11.8 Å². The van der Waals surface area contributed by atoms with Gasteiger partial charge in [-0.25, -0.2) is 4.90 Å². The van der Waals surface area contributed by atoms with Crippen LogP contribution < -0.4 is 10.6 Å². The summed E-state index contributed by atoms with van der Waals surface area (Å²) in [6.45, 7) is 6.66. The number of hydrogen-bond donors (Lipinski definition) is 1. The van der Waals surface area contributed by atoms with Crippen LogP contribution in [0.3, 0.4) is 0 Å². The molecule has 1 aliphatic rings. The molecule has 1 aromatic heterocycles. The second-order valence-electron chi connectivity index (χ2n) is 7.25. The van der Waals surface area contributed by atoms with Gasteiger partial charge < -0.3 is 5.73 Å². The van der Waals surface area contributed by atoms with Crippen molar-refractivity contribution in [1.82, 2.24) is 9.78 Å². The van der Waals surface area contributed by atoms with E-state index in [0.29, 0.717) is 23.4 Å². The number of fused-ring (bicyclic) bond motifs is 1. The first-order chi connectivity index (χ1) is 13.9. The number of rotatable bonds is 5. The molecule has 2 N–H and O–H groups in total. The highest BCUT2D eigenvalue weighted by atomic mass is 32.2. The second kappa shape index (κ2) is 7.50. The predicted octanol–water partition coefficient (Wildman–Crippen LogP) is 3.80. The predicted molar refractivity (Wildman–Crippen MR) is 113 cm³/mol. The molecule has 1 aliphatic heterocycles. The number of aryl methyl sites for hydroxylation is 1. The summed E-state index contributed by atoms with van der Waals surface area (Å²) in [4.78, 5) is 28.6. The van der Waals surface area contributed by atoms with Gasteiger partial charge in [0, 0.05) is 16.6 Å². The molecule has 0 spiro atoms. The van der Waals surface area contributed by atoms with E-state index in [-0.39, 0.29) is 17.9 Å². The molecule has 0 saturated heterocycles. The quantitative estimate of drug-likeness (QED) is 0.652. The highest BCUT2D eigenvalue weighted by molar-refractivity contribution is 7.99. The third-order valence-electron chi connectivity index (χ3n) is 4.88. The van der Waals surface area contributed by atoms with Crippen molar-refractivity contribution in [3.05, 3.63) is 71.0 Å². The number of benzene rings is 2. The Kier molecular flexibility index (Phi) is 5.02. The normalized spacial score (nSPS) is 14.4. The number of carbonyl (C=O) groups excluding carboxylic acids is 2. The number of nitrogens with zero attached hydrogens (tertiary/aromatic N) is 3. The molecule has 0 bridgehead atoms. The van der Waals surface area contributed by atoms with Gasteiger partial charge in [-0.05, 0) is 57.2 Å². The number of amides is 2. The summed E-state index contributed by atoms with van der Waals surface area (Å²) in [6, 6.07) is 14.4. The highest BCUT2D eigenvalue weighted by Crippen LogP contribution is 2.35. The van der Waals surface area contributed by atoms with Crippen LogP contribution in [-0.2, 0) is 6.54 Å². The Morgan fingerprint density at radius 1 is 1.00 bits per heavy atom. The van der Waals surface area contributed by atoms with E-state index in [1.165, 1.54) is 4.90 Å². The van der Waals surface area contributed by atoms with Gasteiger partial charge in [-0.3, -0.25) is 14.3 Å². The average Bonchev–Trinajstić information content (AvgIpc) is 3.10. The summed E-state index contributed by atoms with van der Waals surface area (Å²) in [6.07, 6.45) is 0. The van der Waals surface area contributed by atoms with Gasteiger partial charge in [0.2, 0.25) is 0 Å². The van der Waals surface area contributed by atoms with Gasteiger partial charge in [-0.1, -0.05) is 23.9 Å². The van der Waals surface area contributed by atoms with E-state index in [0.717, 1.165) is 21.2 Å². The molecule has 0 saturated carbocycles. The molecule has 1 unspecified atom stereocenters. The molecule has 29 heavy (non-hydrogen) atoms.